The topological polar surface area (TPSA) is 74.6 Å². The summed E-state index contributed by atoms with van der Waals surface area (Å²) < 4.78 is 0. The molecular weight excluding hydrogens is 319 g/mol. The van der Waals surface area contributed by atoms with Gasteiger partial charge in [0.25, 0.3) is 0 Å². The molecule has 0 aliphatic rings. The molecule has 5 heteroatoms. The maximum absolute atomic E-state index is 10.3. The molecule has 0 radical (unpaired) electrons. The molecule has 0 unspecified atom stereocenters. The molecule has 4 nitrogen and oxygen atoms in total. The van der Waals surface area contributed by atoms with Crippen molar-refractivity contribution in [1.82, 2.24) is 0 Å². The third-order valence-corrected chi connectivity index (χ3v) is 4.03. The van der Waals surface area contributed by atoms with Gasteiger partial charge < -0.3 is 10.2 Å². The van der Waals surface area contributed by atoms with Crippen LogP contribution in [0.4, 0.5) is 0 Å². The van der Waals surface area contributed by atoms with Crippen molar-refractivity contribution in [2.24, 2.45) is 0 Å². The first kappa shape index (κ1) is 25.8. The van der Waals surface area contributed by atoms with Crippen LogP contribution in [0.1, 0.15) is 103 Å². The van der Waals surface area contributed by atoms with Gasteiger partial charge in [0.2, 0.25) is 0 Å². The third kappa shape index (κ3) is 24.9. The van der Waals surface area contributed by atoms with E-state index in [1.165, 1.54) is 64.2 Å². The molecule has 132 valence electrons. The van der Waals surface area contributed by atoms with Crippen LogP contribution in [0.3, 0.4) is 0 Å². The van der Waals surface area contributed by atoms with Crippen LogP contribution in [0, 0.1) is 0 Å². The van der Waals surface area contributed by atoms with Gasteiger partial charge in [0.05, 0.1) is 0 Å². The summed E-state index contributed by atoms with van der Waals surface area (Å²) in [5.41, 5.74) is 0. The Morgan fingerprint density at radius 1 is 0.435 bits per heavy atom. The van der Waals surface area contributed by atoms with E-state index in [1.54, 1.807) is 0 Å². The molecule has 0 amide bonds. The quantitative estimate of drug-likeness (QED) is 0.292. The molecule has 0 rings (SSSR count). The molecule has 0 aromatic carbocycles. The molecule has 23 heavy (non-hydrogen) atoms. The third-order valence-electron chi connectivity index (χ3n) is 4.03. The van der Waals surface area contributed by atoms with Crippen molar-refractivity contribution in [3.8, 4) is 0 Å². The van der Waals surface area contributed by atoms with Gasteiger partial charge in [0.15, 0.2) is 0 Å². The van der Waals surface area contributed by atoms with E-state index in [1.807, 2.05) is 0 Å². The summed E-state index contributed by atoms with van der Waals surface area (Å²) in [5.74, 6) is -1.36. The monoisotopic (exact) mass is 354 g/mol. The summed E-state index contributed by atoms with van der Waals surface area (Å²) in [7, 11) is 0. The van der Waals surface area contributed by atoms with Crippen molar-refractivity contribution in [3.05, 3.63) is 0 Å². The average molecular weight is 355 g/mol. The van der Waals surface area contributed by atoms with E-state index in [4.69, 9.17) is 10.2 Å². The van der Waals surface area contributed by atoms with Crippen molar-refractivity contribution in [1.29, 1.82) is 0 Å². The van der Waals surface area contributed by atoms with E-state index >= 15 is 0 Å². The number of carbonyl (C=O) groups is 2. The summed E-state index contributed by atoms with van der Waals surface area (Å²) in [4.78, 5) is 20.7. The second kappa shape index (κ2) is 20.6. The molecular formula is C18H35KO4. The maximum atomic E-state index is 10.3. The van der Waals surface area contributed by atoms with Gasteiger partial charge in [-0.3, -0.25) is 9.59 Å². The van der Waals surface area contributed by atoms with Gasteiger partial charge in [-0.2, -0.15) is 0 Å². The van der Waals surface area contributed by atoms with Crippen LogP contribution in [-0.2, 0) is 9.59 Å². The molecule has 0 aromatic heterocycles. The summed E-state index contributed by atoms with van der Waals surface area (Å²) in [6.45, 7) is 0. The number of hydrogen-bond acceptors (Lipinski definition) is 2. The fourth-order valence-corrected chi connectivity index (χ4v) is 2.67. The molecule has 0 bridgehead atoms. The van der Waals surface area contributed by atoms with Crippen LogP contribution in [0.25, 0.3) is 0 Å². The van der Waals surface area contributed by atoms with Gasteiger partial charge >= 0.3 is 63.3 Å². The van der Waals surface area contributed by atoms with Crippen LogP contribution >= 0.6 is 0 Å². The number of aliphatic carboxylic acids is 2. The van der Waals surface area contributed by atoms with Gasteiger partial charge in [-0.25, -0.2) is 0 Å². The fourth-order valence-electron chi connectivity index (χ4n) is 2.67. The second-order valence-corrected chi connectivity index (χ2v) is 6.24. The number of unbranched alkanes of at least 4 members (excludes halogenated alkanes) is 13. The van der Waals surface area contributed by atoms with Crippen molar-refractivity contribution in [2.75, 3.05) is 0 Å². The minimum absolute atomic E-state index is 0. The standard InChI is InChI=1S/C18H34O4.K.H/c19-17(20)15-13-11-9-7-5-3-1-2-4-6-8-10-12-14-16-18(21)22;;/h1-16H2,(H,19,20)(H,21,22);;. The van der Waals surface area contributed by atoms with Gasteiger partial charge in [-0.05, 0) is 12.8 Å². The number of carboxylic acid groups (broad SMARTS) is 2. The predicted molar refractivity (Wildman–Crippen MR) is 96.3 cm³/mol. The Hall–Kier alpha value is 0.576. The SMILES string of the molecule is O=C(O)CCCCCCCCCCCCCCCCC(=O)O.[KH]. The van der Waals surface area contributed by atoms with Crippen LogP contribution < -0.4 is 0 Å². The molecule has 0 atom stereocenters. The van der Waals surface area contributed by atoms with Gasteiger partial charge in [-0.15, -0.1) is 0 Å². The average Bonchev–Trinajstić information content (AvgIpc) is 2.46. The molecule has 0 heterocycles. The molecule has 0 spiro atoms. The Labute approximate surface area is 184 Å². The Kier molecular flexibility index (Phi) is 23.1. The summed E-state index contributed by atoms with van der Waals surface area (Å²) in [6, 6.07) is 0. The normalized spacial score (nSPS) is 10.3. The van der Waals surface area contributed by atoms with Crippen molar-refractivity contribution < 1.29 is 19.8 Å². The van der Waals surface area contributed by atoms with Crippen molar-refractivity contribution >= 4 is 63.3 Å². The van der Waals surface area contributed by atoms with E-state index < -0.39 is 11.9 Å². The van der Waals surface area contributed by atoms with E-state index in [-0.39, 0.29) is 51.4 Å². The first-order valence-electron chi connectivity index (χ1n) is 9.06. The molecule has 0 aliphatic carbocycles. The Morgan fingerprint density at radius 3 is 0.783 bits per heavy atom. The van der Waals surface area contributed by atoms with Crippen LogP contribution in [0.2, 0.25) is 0 Å². The first-order chi connectivity index (χ1) is 10.6. The Balaban J connectivity index is 0. The van der Waals surface area contributed by atoms with Crippen molar-refractivity contribution in [2.45, 2.75) is 103 Å². The van der Waals surface area contributed by atoms with Crippen molar-refractivity contribution in [3.63, 3.8) is 0 Å². The van der Waals surface area contributed by atoms with Gasteiger partial charge in [0.1, 0.15) is 0 Å². The number of carboxylic acids is 2. The number of hydrogen-bond donors (Lipinski definition) is 2. The van der Waals surface area contributed by atoms with E-state index in [0.717, 1.165) is 25.7 Å². The molecule has 0 saturated carbocycles. The summed E-state index contributed by atoms with van der Waals surface area (Å²) >= 11 is 0. The molecule has 2 N–H and O–H groups in total. The van der Waals surface area contributed by atoms with Crippen LogP contribution in [0.15, 0.2) is 0 Å². The molecule has 0 saturated heterocycles. The zero-order valence-electron chi connectivity index (χ0n) is 14.0. The minimum atomic E-state index is -0.679. The Bertz CT molecular complexity index is 254. The van der Waals surface area contributed by atoms with Gasteiger partial charge in [0, 0.05) is 12.8 Å². The number of rotatable bonds is 17. The zero-order chi connectivity index (χ0) is 16.5. The first-order valence-corrected chi connectivity index (χ1v) is 9.06. The second-order valence-electron chi connectivity index (χ2n) is 6.24. The summed E-state index contributed by atoms with van der Waals surface area (Å²) in [6.07, 6.45) is 17.0. The molecule has 0 aromatic rings. The molecule has 0 fully saturated rings. The molecule has 0 aliphatic heterocycles. The van der Waals surface area contributed by atoms with E-state index in [9.17, 15) is 9.59 Å². The summed E-state index contributed by atoms with van der Waals surface area (Å²) in [5, 5.41) is 17.0. The zero-order valence-corrected chi connectivity index (χ0v) is 14.0. The van der Waals surface area contributed by atoms with E-state index in [0.29, 0.717) is 12.8 Å². The van der Waals surface area contributed by atoms with Crippen LogP contribution in [-0.4, -0.2) is 73.5 Å². The van der Waals surface area contributed by atoms with Gasteiger partial charge in [-0.1, -0.05) is 77.0 Å². The Morgan fingerprint density at radius 2 is 0.609 bits per heavy atom. The van der Waals surface area contributed by atoms with Crippen LogP contribution in [0.5, 0.6) is 0 Å². The predicted octanol–water partition coefficient (Wildman–Crippen LogP) is 4.75. The van der Waals surface area contributed by atoms with E-state index in [2.05, 4.69) is 0 Å². The fraction of sp³-hybridized carbons (Fsp3) is 0.889.